The SMILES string of the molecule is COc1cc([C@H]2CN(C)C(=O)[C@@H]2C(=O)Nc2cccc(F)c2F)cc(C(F)(F)F)c1. The fraction of sp³-hybridized carbons (Fsp3) is 0.300. The number of likely N-dealkylation sites (N-methyl/N-ethyl adjacent to an activating group) is 1. The number of carbonyl (C=O) groups is 2. The smallest absolute Gasteiger partial charge is 0.416 e. The maximum Gasteiger partial charge on any atom is 0.416 e. The first-order valence-corrected chi connectivity index (χ1v) is 8.79. The fourth-order valence-corrected chi connectivity index (χ4v) is 3.42. The number of hydrogen-bond acceptors (Lipinski definition) is 3. The van der Waals surface area contributed by atoms with Gasteiger partial charge in [0.25, 0.3) is 0 Å². The lowest BCUT2D eigenvalue weighted by Gasteiger charge is -2.19. The van der Waals surface area contributed by atoms with E-state index < -0.39 is 52.7 Å². The van der Waals surface area contributed by atoms with Crippen molar-refractivity contribution in [2.75, 3.05) is 26.0 Å². The van der Waals surface area contributed by atoms with E-state index in [9.17, 15) is 31.5 Å². The topological polar surface area (TPSA) is 58.6 Å². The molecule has 2 atom stereocenters. The van der Waals surface area contributed by atoms with Gasteiger partial charge in [0.1, 0.15) is 11.7 Å². The molecule has 0 aromatic heterocycles. The first kappa shape index (κ1) is 21.5. The van der Waals surface area contributed by atoms with Crippen molar-refractivity contribution in [2.24, 2.45) is 5.92 Å². The Bertz CT molecular complexity index is 993. The molecule has 2 aromatic rings. The normalized spacial score (nSPS) is 19.2. The molecule has 1 heterocycles. The van der Waals surface area contributed by atoms with E-state index in [-0.39, 0.29) is 17.9 Å². The molecule has 1 fully saturated rings. The van der Waals surface area contributed by atoms with Gasteiger partial charge in [0.05, 0.1) is 18.4 Å². The van der Waals surface area contributed by atoms with Gasteiger partial charge in [0.2, 0.25) is 11.8 Å². The molecule has 0 unspecified atom stereocenters. The predicted octanol–water partition coefficient (Wildman–Crippen LogP) is 3.80. The standard InChI is InChI=1S/C20H17F5N2O3/c1-27-9-13(10-6-11(20(23,24)25)8-12(7-10)30-2)16(19(27)29)18(28)26-15-5-3-4-14(21)17(15)22/h3-8,13,16H,9H2,1-2H3,(H,26,28)/t13-,16+/m1/s1. The summed E-state index contributed by atoms with van der Waals surface area (Å²) in [5.41, 5.74) is -1.39. The van der Waals surface area contributed by atoms with Gasteiger partial charge in [-0.3, -0.25) is 9.59 Å². The number of nitrogens with one attached hydrogen (secondary N) is 1. The molecule has 1 aliphatic heterocycles. The summed E-state index contributed by atoms with van der Waals surface area (Å²) in [6, 6.07) is 6.12. The molecule has 0 saturated carbocycles. The second-order valence-corrected chi connectivity index (χ2v) is 6.89. The van der Waals surface area contributed by atoms with Crippen LogP contribution in [0, 0.1) is 17.6 Å². The van der Waals surface area contributed by atoms with Gasteiger partial charge in [-0.2, -0.15) is 13.2 Å². The van der Waals surface area contributed by atoms with Gasteiger partial charge in [0, 0.05) is 19.5 Å². The highest BCUT2D eigenvalue weighted by Crippen LogP contribution is 2.39. The highest BCUT2D eigenvalue weighted by molar-refractivity contribution is 6.08. The molecular formula is C20H17F5N2O3. The lowest BCUT2D eigenvalue weighted by atomic mass is 9.86. The van der Waals surface area contributed by atoms with Crippen molar-refractivity contribution in [1.29, 1.82) is 0 Å². The zero-order chi connectivity index (χ0) is 22.2. The molecule has 0 aliphatic carbocycles. The molecule has 10 heteroatoms. The van der Waals surface area contributed by atoms with Gasteiger partial charge in [-0.25, -0.2) is 8.78 Å². The number of hydrogen-bond donors (Lipinski definition) is 1. The highest BCUT2D eigenvalue weighted by atomic mass is 19.4. The van der Waals surface area contributed by atoms with E-state index in [1.807, 2.05) is 0 Å². The van der Waals surface area contributed by atoms with E-state index in [0.717, 1.165) is 24.3 Å². The Hall–Kier alpha value is -3.17. The van der Waals surface area contributed by atoms with Gasteiger partial charge in [0.15, 0.2) is 11.6 Å². The Balaban J connectivity index is 1.99. The van der Waals surface area contributed by atoms with Crippen molar-refractivity contribution in [3.63, 3.8) is 0 Å². The Morgan fingerprint density at radius 2 is 1.90 bits per heavy atom. The number of carbonyl (C=O) groups excluding carboxylic acids is 2. The molecule has 1 aliphatic rings. The van der Waals surface area contributed by atoms with Gasteiger partial charge < -0.3 is 15.0 Å². The number of nitrogens with zero attached hydrogens (tertiary/aromatic N) is 1. The zero-order valence-electron chi connectivity index (χ0n) is 15.9. The summed E-state index contributed by atoms with van der Waals surface area (Å²) in [5, 5.41) is 2.16. The summed E-state index contributed by atoms with van der Waals surface area (Å²) in [4.78, 5) is 26.5. The molecule has 160 valence electrons. The monoisotopic (exact) mass is 428 g/mol. The van der Waals surface area contributed by atoms with Gasteiger partial charge >= 0.3 is 6.18 Å². The summed E-state index contributed by atoms with van der Waals surface area (Å²) < 4.78 is 72.0. The second kappa shape index (κ2) is 7.92. The van der Waals surface area contributed by atoms with E-state index in [2.05, 4.69) is 5.32 Å². The number of rotatable bonds is 4. The van der Waals surface area contributed by atoms with Crippen molar-refractivity contribution in [1.82, 2.24) is 4.90 Å². The maximum absolute atomic E-state index is 13.9. The van der Waals surface area contributed by atoms with Crippen LogP contribution in [0.15, 0.2) is 36.4 Å². The first-order chi connectivity index (χ1) is 14.0. The molecular weight excluding hydrogens is 411 g/mol. The second-order valence-electron chi connectivity index (χ2n) is 6.89. The quantitative estimate of drug-likeness (QED) is 0.596. The minimum atomic E-state index is -4.67. The number of methoxy groups -OCH3 is 1. The number of anilines is 1. The third-order valence-corrected chi connectivity index (χ3v) is 4.93. The lowest BCUT2D eigenvalue weighted by Crippen LogP contribution is -2.33. The van der Waals surface area contributed by atoms with Crippen molar-refractivity contribution in [2.45, 2.75) is 12.1 Å². The Labute approximate surface area is 168 Å². The van der Waals surface area contributed by atoms with Crippen molar-refractivity contribution < 1.29 is 36.3 Å². The Morgan fingerprint density at radius 1 is 1.20 bits per heavy atom. The molecule has 1 N–H and O–H groups in total. The number of likely N-dealkylation sites (tertiary alicyclic amines) is 1. The van der Waals surface area contributed by atoms with Crippen molar-refractivity contribution >= 4 is 17.5 Å². The van der Waals surface area contributed by atoms with E-state index in [1.54, 1.807) is 0 Å². The fourth-order valence-electron chi connectivity index (χ4n) is 3.42. The van der Waals surface area contributed by atoms with Crippen molar-refractivity contribution in [3.05, 3.63) is 59.2 Å². The number of alkyl halides is 3. The number of amides is 2. The van der Waals surface area contributed by atoms with E-state index >= 15 is 0 Å². The Morgan fingerprint density at radius 3 is 2.53 bits per heavy atom. The van der Waals surface area contributed by atoms with E-state index in [4.69, 9.17) is 4.74 Å². The molecule has 2 amide bonds. The van der Waals surface area contributed by atoms with Crippen molar-refractivity contribution in [3.8, 4) is 5.75 Å². The van der Waals surface area contributed by atoms with Crippen LogP contribution < -0.4 is 10.1 Å². The third kappa shape index (κ3) is 4.07. The summed E-state index contributed by atoms with van der Waals surface area (Å²) >= 11 is 0. The van der Waals surface area contributed by atoms with E-state index in [1.165, 1.54) is 31.2 Å². The minimum Gasteiger partial charge on any atom is -0.497 e. The first-order valence-electron chi connectivity index (χ1n) is 8.79. The summed E-state index contributed by atoms with van der Waals surface area (Å²) in [5.74, 6) is -6.55. The average Bonchev–Trinajstić information content (AvgIpc) is 2.99. The summed E-state index contributed by atoms with van der Waals surface area (Å²) in [7, 11) is 2.60. The maximum atomic E-state index is 13.9. The van der Waals surface area contributed by atoms with Crippen LogP contribution in [0.25, 0.3) is 0 Å². The van der Waals surface area contributed by atoms with E-state index in [0.29, 0.717) is 0 Å². The van der Waals surface area contributed by atoms with Crippen LogP contribution in [-0.2, 0) is 15.8 Å². The van der Waals surface area contributed by atoms with Gasteiger partial charge in [-0.15, -0.1) is 0 Å². The molecule has 0 bridgehead atoms. The molecule has 5 nitrogen and oxygen atoms in total. The molecule has 2 aromatic carbocycles. The van der Waals surface area contributed by atoms with Crippen LogP contribution in [0.4, 0.5) is 27.6 Å². The van der Waals surface area contributed by atoms with Crippen LogP contribution in [0.3, 0.4) is 0 Å². The molecule has 3 rings (SSSR count). The van der Waals surface area contributed by atoms with Crippen LogP contribution >= 0.6 is 0 Å². The number of ether oxygens (including phenoxy) is 1. The highest BCUT2D eigenvalue weighted by Gasteiger charge is 2.45. The number of benzene rings is 2. The van der Waals surface area contributed by atoms with Crippen LogP contribution in [0.5, 0.6) is 5.75 Å². The Kier molecular flexibility index (Phi) is 5.69. The molecule has 30 heavy (non-hydrogen) atoms. The summed E-state index contributed by atoms with van der Waals surface area (Å²) in [6.45, 7) is -0.0347. The zero-order valence-corrected chi connectivity index (χ0v) is 15.9. The van der Waals surface area contributed by atoms with Gasteiger partial charge in [-0.05, 0) is 35.9 Å². The van der Waals surface area contributed by atoms with Gasteiger partial charge in [-0.1, -0.05) is 6.07 Å². The number of halogens is 5. The minimum absolute atomic E-state index is 0.0347. The van der Waals surface area contributed by atoms with Crippen LogP contribution in [0.2, 0.25) is 0 Å². The molecule has 1 saturated heterocycles. The largest absolute Gasteiger partial charge is 0.497 e. The third-order valence-electron chi connectivity index (χ3n) is 4.93. The molecule has 0 spiro atoms. The average molecular weight is 428 g/mol. The summed E-state index contributed by atoms with van der Waals surface area (Å²) in [6.07, 6.45) is -4.67. The van der Waals surface area contributed by atoms with Crippen LogP contribution in [0.1, 0.15) is 17.0 Å². The van der Waals surface area contributed by atoms with Crippen LogP contribution in [-0.4, -0.2) is 37.4 Å². The predicted molar refractivity (Wildman–Crippen MR) is 96.9 cm³/mol. The lowest BCUT2D eigenvalue weighted by molar-refractivity contribution is -0.137. The molecule has 0 radical (unpaired) electrons.